The molecule has 2 heterocycles. The van der Waals surface area contributed by atoms with Gasteiger partial charge in [0.2, 0.25) is 0 Å². The second-order valence-electron chi connectivity index (χ2n) is 11.7. The minimum atomic E-state index is -4.37. The maximum atomic E-state index is 12.7. The fraction of sp³-hybridized carbons (Fsp3) is 0.364. The highest BCUT2D eigenvalue weighted by Gasteiger charge is 2.20. The highest BCUT2D eigenvalue weighted by atomic mass is 32.2. The molecule has 0 fully saturated rings. The number of nitrogens with zero attached hydrogens (tertiary/aromatic N) is 5. The van der Waals surface area contributed by atoms with Crippen LogP contribution in [-0.4, -0.2) is 51.9 Å². The van der Waals surface area contributed by atoms with E-state index in [0.29, 0.717) is 30.0 Å². The van der Waals surface area contributed by atoms with Crippen molar-refractivity contribution in [3.63, 3.8) is 0 Å². The number of aryl methyl sites for hydroxylation is 2. The fourth-order valence-electron chi connectivity index (χ4n) is 4.92. The first-order chi connectivity index (χ1) is 21.9. The van der Waals surface area contributed by atoms with Crippen LogP contribution in [0, 0.1) is 5.41 Å². The Bertz CT molecular complexity index is 1780. The first-order valence-electron chi connectivity index (χ1n) is 15.0. The van der Waals surface area contributed by atoms with Crippen molar-refractivity contribution in [3.05, 3.63) is 83.7 Å². The Balaban J connectivity index is 1.21. The topological polar surface area (TPSA) is 168 Å². The number of aromatic hydroxyl groups is 1. The molecule has 0 aliphatic carbocycles. The van der Waals surface area contributed by atoms with E-state index in [4.69, 9.17) is 4.74 Å². The van der Waals surface area contributed by atoms with Crippen LogP contribution in [0.3, 0.4) is 0 Å². The standard InChI is InChI=1S/C33H40N6O6S/c1-5-23-18-26(27-14-16-37-39(27)4)28(40)19-29(23)45-17-9-8-15-33(2,3)22-35-32(41)25-12-13-31(34-20-25)38-36-21-24-10-6-7-11-30(24)46(42,43)44/h6-7,10-14,16,18-20,40H,5,8-9,15,17,21-22H2,1-4H3,(H,35,41)(H,42,43,44). The number of aromatic nitrogens is 3. The molecule has 1 amide bonds. The maximum Gasteiger partial charge on any atom is 0.294 e. The summed E-state index contributed by atoms with van der Waals surface area (Å²) in [4.78, 5) is 16.7. The van der Waals surface area contributed by atoms with Gasteiger partial charge in [-0.3, -0.25) is 14.0 Å². The monoisotopic (exact) mass is 648 g/mol. The van der Waals surface area contributed by atoms with Crippen molar-refractivity contribution in [2.45, 2.75) is 57.9 Å². The molecule has 244 valence electrons. The number of hydrogen-bond donors (Lipinski definition) is 3. The average Bonchev–Trinajstić information content (AvgIpc) is 3.45. The highest BCUT2D eigenvalue weighted by Crippen LogP contribution is 2.35. The van der Waals surface area contributed by atoms with E-state index < -0.39 is 10.1 Å². The molecule has 46 heavy (non-hydrogen) atoms. The normalized spacial score (nSPS) is 12.0. The molecule has 0 unspecified atom stereocenters. The van der Waals surface area contributed by atoms with E-state index in [-0.39, 0.29) is 34.3 Å². The van der Waals surface area contributed by atoms with Gasteiger partial charge in [-0.15, -0.1) is 5.11 Å². The molecule has 4 aromatic rings. The molecule has 0 atom stereocenters. The number of hydrogen-bond acceptors (Lipinski definition) is 9. The Morgan fingerprint density at radius 2 is 1.87 bits per heavy atom. The summed E-state index contributed by atoms with van der Waals surface area (Å²) in [5.74, 6) is 0.841. The van der Waals surface area contributed by atoms with Crippen LogP contribution in [0.15, 0.2) is 82.1 Å². The number of nitrogens with one attached hydrogen (secondary N) is 1. The van der Waals surface area contributed by atoms with Crippen molar-refractivity contribution in [2.75, 3.05) is 13.2 Å². The van der Waals surface area contributed by atoms with Gasteiger partial charge in [0.05, 0.1) is 29.3 Å². The summed E-state index contributed by atoms with van der Waals surface area (Å²) in [5.41, 5.74) is 3.12. The third kappa shape index (κ3) is 9.21. The Hall–Kier alpha value is -4.62. The summed E-state index contributed by atoms with van der Waals surface area (Å²) in [6, 6.07) is 14.6. The molecule has 0 saturated carbocycles. The second-order valence-corrected chi connectivity index (χ2v) is 13.1. The number of azo groups is 1. The van der Waals surface area contributed by atoms with Crippen molar-refractivity contribution in [2.24, 2.45) is 22.7 Å². The third-order valence-electron chi connectivity index (χ3n) is 7.56. The van der Waals surface area contributed by atoms with Gasteiger partial charge in [0, 0.05) is 37.6 Å². The van der Waals surface area contributed by atoms with E-state index in [1.54, 1.807) is 35.1 Å². The van der Waals surface area contributed by atoms with E-state index in [2.05, 4.69) is 46.4 Å². The second kappa shape index (κ2) is 15.1. The van der Waals surface area contributed by atoms with Crippen LogP contribution in [0.5, 0.6) is 11.5 Å². The summed E-state index contributed by atoms with van der Waals surface area (Å²) in [6.45, 7) is 7.18. The van der Waals surface area contributed by atoms with Crippen molar-refractivity contribution >= 4 is 21.8 Å². The van der Waals surface area contributed by atoms with Crippen LogP contribution in [-0.2, 0) is 30.1 Å². The summed E-state index contributed by atoms with van der Waals surface area (Å²) >= 11 is 0. The zero-order valence-electron chi connectivity index (χ0n) is 26.5. The molecule has 0 spiro atoms. The number of phenols is 1. The van der Waals surface area contributed by atoms with E-state index in [1.165, 1.54) is 24.4 Å². The zero-order valence-corrected chi connectivity index (χ0v) is 27.3. The molecule has 12 nitrogen and oxygen atoms in total. The van der Waals surface area contributed by atoms with Crippen LogP contribution in [0.25, 0.3) is 11.3 Å². The van der Waals surface area contributed by atoms with Gasteiger partial charge in [-0.05, 0) is 72.6 Å². The number of carbonyl (C=O) groups excluding carboxylic acids is 1. The summed E-state index contributed by atoms with van der Waals surface area (Å²) in [6.07, 6.45) is 6.48. The van der Waals surface area contributed by atoms with Crippen LogP contribution in [0.1, 0.15) is 61.5 Å². The van der Waals surface area contributed by atoms with Crippen molar-refractivity contribution in [3.8, 4) is 22.8 Å². The average molecular weight is 649 g/mol. The Morgan fingerprint density at radius 3 is 2.54 bits per heavy atom. The summed E-state index contributed by atoms with van der Waals surface area (Å²) in [7, 11) is -2.53. The Kier molecular flexibility index (Phi) is 11.3. The minimum Gasteiger partial charge on any atom is -0.507 e. The van der Waals surface area contributed by atoms with Crippen LogP contribution >= 0.6 is 0 Å². The van der Waals surface area contributed by atoms with Crippen molar-refractivity contribution in [1.82, 2.24) is 20.1 Å². The first-order valence-corrected chi connectivity index (χ1v) is 16.5. The van der Waals surface area contributed by atoms with Crippen LogP contribution in [0.2, 0.25) is 0 Å². The largest absolute Gasteiger partial charge is 0.507 e. The lowest BCUT2D eigenvalue weighted by Gasteiger charge is -2.25. The minimum absolute atomic E-state index is 0.0652. The van der Waals surface area contributed by atoms with Crippen molar-refractivity contribution < 1.29 is 27.6 Å². The number of rotatable bonds is 15. The van der Waals surface area contributed by atoms with Gasteiger partial charge in [-0.2, -0.15) is 18.6 Å². The summed E-state index contributed by atoms with van der Waals surface area (Å²) < 4.78 is 40.2. The number of carbonyl (C=O) groups is 1. The SMILES string of the molecule is CCc1cc(-c2ccnn2C)c(O)cc1OCCCCC(C)(C)CNC(=O)c1ccc(N=NCc2ccccc2S(=O)(=O)O)nc1. The summed E-state index contributed by atoms with van der Waals surface area (Å²) in [5, 5.41) is 25.8. The van der Waals surface area contributed by atoms with E-state index in [1.807, 2.05) is 19.2 Å². The molecular formula is C33H40N6O6S. The number of amides is 1. The van der Waals surface area contributed by atoms with Gasteiger partial charge in [-0.1, -0.05) is 39.0 Å². The molecule has 4 rings (SSSR count). The van der Waals surface area contributed by atoms with Gasteiger partial charge in [-0.25, -0.2) is 4.98 Å². The molecule has 3 N–H and O–H groups in total. The van der Waals surface area contributed by atoms with Crippen molar-refractivity contribution in [1.29, 1.82) is 0 Å². The fourth-order valence-corrected chi connectivity index (χ4v) is 5.63. The molecule has 13 heteroatoms. The molecule has 0 saturated heterocycles. The van der Waals surface area contributed by atoms with Gasteiger partial charge < -0.3 is 15.2 Å². The van der Waals surface area contributed by atoms with Crippen LogP contribution in [0.4, 0.5) is 5.82 Å². The predicted octanol–water partition coefficient (Wildman–Crippen LogP) is 6.29. The Morgan fingerprint density at radius 1 is 1.09 bits per heavy atom. The van der Waals surface area contributed by atoms with Gasteiger partial charge in [0.25, 0.3) is 16.0 Å². The van der Waals surface area contributed by atoms with Gasteiger partial charge >= 0.3 is 0 Å². The smallest absolute Gasteiger partial charge is 0.294 e. The molecular weight excluding hydrogens is 608 g/mol. The molecule has 0 bridgehead atoms. The number of unbranched alkanes of at least 4 members (excludes halogenated alkanes) is 1. The Labute approximate surface area is 269 Å². The zero-order chi connectivity index (χ0) is 33.3. The van der Waals surface area contributed by atoms with Crippen LogP contribution < -0.4 is 10.1 Å². The number of benzene rings is 2. The van der Waals surface area contributed by atoms with E-state index >= 15 is 0 Å². The molecule has 2 aromatic heterocycles. The lowest BCUT2D eigenvalue weighted by atomic mass is 9.87. The quantitative estimate of drug-likeness (QED) is 0.0768. The third-order valence-corrected chi connectivity index (χ3v) is 8.52. The van der Waals surface area contributed by atoms with Gasteiger partial charge in [0.15, 0.2) is 5.82 Å². The molecule has 0 aliphatic heterocycles. The molecule has 0 radical (unpaired) electrons. The first kappa shape index (κ1) is 34.3. The molecule has 0 aliphatic rings. The lowest BCUT2D eigenvalue weighted by molar-refractivity contribution is 0.0933. The number of phenolic OH excluding ortho intramolecular Hbond substituents is 1. The maximum absolute atomic E-state index is 12.7. The number of pyridine rings is 1. The van der Waals surface area contributed by atoms with E-state index in [9.17, 15) is 22.9 Å². The predicted molar refractivity (Wildman–Crippen MR) is 174 cm³/mol. The number of ether oxygens (including phenoxy) is 1. The molecule has 2 aromatic carbocycles. The highest BCUT2D eigenvalue weighted by molar-refractivity contribution is 7.85. The lowest BCUT2D eigenvalue weighted by Crippen LogP contribution is -2.34. The van der Waals surface area contributed by atoms with E-state index in [0.717, 1.165) is 42.5 Å². The van der Waals surface area contributed by atoms with Gasteiger partial charge in [0.1, 0.15) is 11.5 Å².